The van der Waals surface area contributed by atoms with Crippen molar-refractivity contribution in [2.75, 3.05) is 13.2 Å². The molecule has 35 heavy (non-hydrogen) atoms. The number of nitrogens with zero attached hydrogens (tertiary/aromatic N) is 1. The van der Waals surface area contributed by atoms with E-state index in [1.54, 1.807) is 4.90 Å². The average molecular weight is 479 g/mol. The van der Waals surface area contributed by atoms with Gasteiger partial charge in [0.1, 0.15) is 12.6 Å². The van der Waals surface area contributed by atoms with E-state index in [-0.39, 0.29) is 37.3 Å². The van der Waals surface area contributed by atoms with Crippen molar-refractivity contribution >= 4 is 18.0 Å². The van der Waals surface area contributed by atoms with Crippen molar-refractivity contribution < 1.29 is 24.2 Å². The number of aliphatic carboxylic acids is 1. The third kappa shape index (κ3) is 5.66. The molecule has 2 amide bonds. The van der Waals surface area contributed by atoms with Crippen molar-refractivity contribution in [2.24, 2.45) is 0 Å². The first-order valence-corrected chi connectivity index (χ1v) is 12.6. The van der Waals surface area contributed by atoms with Crippen LogP contribution >= 0.6 is 0 Å². The second-order valence-electron chi connectivity index (χ2n) is 9.37. The molecule has 0 spiro atoms. The number of nitrogens with one attached hydrogen (secondary N) is 1. The summed E-state index contributed by atoms with van der Waals surface area (Å²) in [6, 6.07) is 15.4. The van der Waals surface area contributed by atoms with Gasteiger partial charge in [-0.25, -0.2) is 4.79 Å². The number of fused-ring (bicyclic) bond motifs is 3. The van der Waals surface area contributed by atoms with Crippen LogP contribution in [0.1, 0.15) is 68.9 Å². The molecule has 4 rings (SSSR count). The van der Waals surface area contributed by atoms with Crippen molar-refractivity contribution in [2.45, 2.75) is 69.9 Å². The number of ether oxygens (including phenoxy) is 1. The van der Waals surface area contributed by atoms with Gasteiger partial charge >= 0.3 is 12.1 Å². The second kappa shape index (κ2) is 11.4. The van der Waals surface area contributed by atoms with E-state index in [2.05, 4.69) is 17.4 Å². The summed E-state index contributed by atoms with van der Waals surface area (Å²) in [4.78, 5) is 39.2. The minimum atomic E-state index is -1.00. The highest BCUT2D eigenvalue weighted by Gasteiger charge is 2.33. The third-order valence-electron chi connectivity index (χ3n) is 7.22. The molecule has 2 N–H and O–H groups in total. The Hall–Kier alpha value is -3.35. The topological polar surface area (TPSA) is 95.9 Å². The van der Waals surface area contributed by atoms with Crippen molar-refractivity contribution in [1.29, 1.82) is 0 Å². The zero-order valence-corrected chi connectivity index (χ0v) is 20.2. The highest BCUT2D eigenvalue weighted by molar-refractivity contribution is 5.86. The number of hydrogen-bond acceptors (Lipinski definition) is 4. The van der Waals surface area contributed by atoms with Gasteiger partial charge < -0.3 is 20.1 Å². The summed E-state index contributed by atoms with van der Waals surface area (Å²) in [5.74, 6) is -1.32. The Bertz CT molecular complexity index is 1020. The molecule has 0 bridgehead atoms. The number of carboxylic acid groups (broad SMARTS) is 1. The van der Waals surface area contributed by atoms with Crippen LogP contribution in [-0.2, 0) is 14.3 Å². The van der Waals surface area contributed by atoms with Gasteiger partial charge in [0.15, 0.2) is 0 Å². The third-order valence-corrected chi connectivity index (χ3v) is 7.22. The van der Waals surface area contributed by atoms with Gasteiger partial charge in [-0.3, -0.25) is 9.59 Å². The van der Waals surface area contributed by atoms with E-state index in [4.69, 9.17) is 4.74 Å². The molecule has 1 atom stereocenters. The Kier molecular flexibility index (Phi) is 8.06. The van der Waals surface area contributed by atoms with Crippen molar-refractivity contribution in [3.05, 3.63) is 59.7 Å². The Balaban J connectivity index is 1.43. The number of carboxylic acids is 1. The number of carbonyl (C=O) groups excluding carboxylic acids is 2. The van der Waals surface area contributed by atoms with E-state index in [0.29, 0.717) is 6.54 Å². The molecule has 2 aromatic carbocycles. The minimum Gasteiger partial charge on any atom is -0.481 e. The average Bonchev–Trinajstić information content (AvgIpc) is 3.20. The lowest BCUT2D eigenvalue weighted by Crippen LogP contribution is -2.52. The smallest absolute Gasteiger partial charge is 0.407 e. The fourth-order valence-electron chi connectivity index (χ4n) is 5.49. The Morgan fingerprint density at radius 1 is 1.00 bits per heavy atom. The predicted molar refractivity (Wildman–Crippen MR) is 133 cm³/mol. The van der Waals surface area contributed by atoms with E-state index < -0.39 is 18.1 Å². The van der Waals surface area contributed by atoms with E-state index in [1.165, 1.54) is 6.42 Å². The van der Waals surface area contributed by atoms with Gasteiger partial charge in [-0.05, 0) is 48.4 Å². The van der Waals surface area contributed by atoms with Crippen molar-refractivity contribution in [1.82, 2.24) is 10.2 Å². The van der Waals surface area contributed by atoms with Crippen LogP contribution in [0, 0.1) is 0 Å². The lowest BCUT2D eigenvalue weighted by atomic mass is 9.93. The second-order valence-corrected chi connectivity index (χ2v) is 9.37. The highest BCUT2D eigenvalue weighted by Crippen LogP contribution is 2.44. The molecular formula is C28H34N2O5. The molecular weight excluding hydrogens is 444 g/mol. The van der Waals surface area contributed by atoms with Gasteiger partial charge in [-0.15, -0.1) is 0 Å². The normalized spacial score (nSPS) is 16.1. The standard InChI is InChI=1S/C28H34N2O5/c1-2-30(19-10-4-3-5-11-19)27(33)25(16-17-26(31)32)29-28(34)35-18-24-22-14-8-6-12-20(22)21-13-7-9-15-23(21)24/h6-9,12-15,19,24-25H,2-5,10-11,16-18H2,1H3,(H,29,34)(H,31,32). The summed E-state index contributed by atoms with van der Waals surface area (Å²) in [6.07, 6.45) is 4.33. The van der Waals surface area contributed by atoms with Crippen molar-refractivity contribution in [3.8, 4) is 11.1 Å². The molecule has 186 valence electrons. The zero-order chi connectivity index (χ0) is 24.8. The zero-order valence-electron chi connectivity index (χ0n) is 20.2. The molecule has 0 aromatic heterocycles. The van der Waals surface area contributed by atoms with Gasteiger partial charge in [-0.2, -0.15) is 0 Å². The summed E-state index contributed by atoms with van der Waals surface area (Å²) in [7, 11) is 0. The summed E-state index contributed by atoms with van der Waals surface area (Å²) in [6.45, 7) is 2.59. The van der Waals surface area contributed by atoms with Crippen LogP contribution in [0.2, 0.25) is 0 Å². The first-order chi connectivity index (χ1) is 17.0. The quantitative estimate of drug-likeness (QED) is 0.532. The highest BCUT2D eigenvalue weighted by atomic mass is 16.5. The molecule has 7 heteroatoms. The van der Waals surface area contributed by atoms with Gasteiger partial charge in [-0.1, -0.05) is 67.8 Å². The van der Waals surface area contributed by atoms with E-state index in [0.717, 1.165) is 47.9 Å². The fraction of sp³-hybridized carbons (Fsp3) is 0.464. The van der Waals surface area contributed by atoms with E-state index >= 15 is 0 Å². The van der Waals surface area contributed by atoms with E-state index in [9.17, 15) is 19.5 Å². The molecule has 2 aliphatic carbocycles. The largest absolute Gasteiger partial charge is 0.481 e. The number of carbonyl (C=O) groups is 3. The molecule has 1 saturated carbocycles. The molecule has 2 aliphatic rings. The predicted octanol–water partition coefficient (Wildman–Crippen LogP) is 4.94. The fourth-order valence-corrected chi connectivity index (χ4v) is 5.49. The van der Waals surface area contributed by atoms with Gasteiger partial charge in [0.2, 0.25) is 5.91 Å². The van der Waals surface area contributed by atoms with Crippen molar-refractivity contribution in [3.63, 3.8) is 0 Å². The number of benzene rings is 2. The van der Waals surface area contributed by atoms with Gasteiger partial charge in [0, 0.05) is 24.9 Å². The molecule has 0 aliphatic heterocycles. The first-order valence-electron chi connectivity index (χ1n) is 12.6. The van der Waals surface area contributed by atoms with Crippen LogP contribution in [0.5, 0.6) is 0 Å². The summed E-state index contributed by atoms with van der Waals surface area (Å²) in [5.41, 5.74) is 4.49. The Labute approximate surface area is 206 Å². The number of rotatable bonds is 9. The minimum absolute atomic E-state index is 0.0293. The number of likely N-dealkylation sites (N-methyl/N-ethyl adjacent to an activating group) is 1. The lowest BCUT2D eigenvalue weighted by molar-refractivity contribution is -0.138. The first kappa shape index (κ1) is 24.8. The molecule has 1 fully saturated rings. The maximum absolute atomic E-state index is 13.4. The monoisotopic (exact) mass is 478 g/mol. The summed E-state index contributed by atoms with van der Waals surface area (Å²) >= 11 is 0. The molecule has 0 radical (unpaired) electrons. The van der Waals surface area contributed by atoms with Gasteiger partial charge in [0.25, 0.3) is 0 Å². The van der Waals surface area contributed by atoms with E-state index in [1.807, 2.05) is 43.3 Å². The van der Waals surface area contributed by atoms with Gasteiger partial charge in [0.05, 0.1) is 0 Å². The van der Waals surface area contributed by atoms with Crippen LogP contribution in [0.3, 0.4) is 0 Å². The molecule has 0 heterocycles. The summed E-state index contributed by atoms with van der Waals surface area (Å²) < 4.78 is 5.62. The molecule has 7 nitrogen and oxygen atoms in total. The SMILES string of the molecule is CCN(C(=O)C(CCC(=O)O)NC(=O)OCC1c2ccccc2-c2ccccc21)C1CCCCC1. The van der Waals surface area contributed by atoms with Crippen LogP contribution in [0.15, 0.2) is 48.5 Å². The Morgan fingerprint density at radius 3 is 2.17 bits per heavy atom. The summed E-state index contributed by atoms with van der Waals surface area (Å²) in [5, 5.41) is 11.9. The Morgan fingerprint density at radius 2 is 1.60 bits per heavy atom. The van der Waals surface area contributed by atoms with Crippen LogP contribution in [0.25, 0.3) is 11.1 Å². The number of hydrogen-bond donors (Lipinski definition) is 2. The molecule has 1 unspecified atom stereocenters. The van der Waals surface area contributed by atoms with Crippen LogP contribution < -0.4 is 5.32 Å². The lowest BCUT2D eigenvalue weighted by Gasteiger charge is -2.36. The maximum atomic E-state index is 13.4. The molecule has 0 saturated heterocycles. The van der Waals surface area contributed by atoms with Crippen LogP contribution in [0.4, 0.5) is 4.79 Å². The molecule has 2 aromatic rings. The number of amides is 2. The van der Waals surface area contributed by atoms with Crippen LogP contribution in [-0.4, -0.2) is 53.2 Å². The number of alkyl carbamates (subject to hydrolysis) is 1. The maximum Gasteiger partial charge on any atom is 0.407 e.